The second-order valence-electron chi connectivity index (χ2n) is 3.98. The number of aromatic amines is 1. The van der Waals surface area contributed by atoms with Gasteiger partial charge in [-0.25, -0.2) is 9.97 Å². The Balaban J connectivity index is 1.93. The molecule has 0 aromatic carbocycles. The van der Waals surface area contributed by atoms with Crippen molar-refractivity contribution in [3.63, 3.8) is 0 Å². The predicted molar refractivity (Wildman–Crippen MR) is 82.6 cm³/mol. The van der Waals surface area contributed by atoms with Crippen LogP contribution < -0.4 is 0 Å². The van der Waals surface area contributed by atoms with Crippen LogP contribution in [0.3, 0.4) is 0 Å². The average molecular weight is 326 g/mol. The van der Waals surface area contributed by atoms with E-state index >= 15 is 0 Å². The van der Waals surface area contributed by atoms with E-state index in [0.29, 0.717) is 10.7 Å². The molecule has 94 valence electrons. The first-order valence-electron chi connectivity index (χ1n) is 5.40. The van der Waals surface area contributed by atoms with E-state index in [4.69, 9.17) is 23.2 Å². The highest BCUT2D eigenvalue weighted by atomic mass is 35.5. The number of rotatable bonds is 1. The topological polar surface area (TPSA) is 41.6 Å². The Bertz CT molecular complexity index is 839. The summed E-state index contributed by atoms with van der Waals surface area (Å²) in [6.07, 6.45) is 0. The Morgan fingerprint density at radius 3 is 2.84 bits per heavy atom. The van der Waals surface area contributed by atoms with Crippen molar-refractivity contribution >= 4 is 66.4 Å². The van der Waals surface area contributed by atoms with Crippen molar-refractivity contribution in [2.75, 3.05) is 0 Å². The van der Waals surface area contributed by atoms with Crippen LogP contribution in [0.1, 0.15) is 0 Å². The first-order chi connectivity index (χ1) is 9.20. The van der Waals surface area contributed by atoms with Gasteiger partial charge < -0.3 is 4.98 Å². The van der Waals surface area contributed by atoms with Crippen LogP contribution in [0.5, 0.6) is 0 Å². The lowest BCUT2D eigenvalue weighted by Crippen LogP contribution is -1.79. The third-order valence-corrected chi connectivity index (χ3v) is 5.53. The second-order valence-corrected chi connectivity index (χ2v) is 6.77. The molecular formula is C12H5Cl2N3S2. The number of fused-ring (bicyclic) bond motifs is 2. The summed E-state index contributed by atoms with van der Waals surface area (Å²) in [5.41, 5.74) is 1.38. The third kappa shape index (κ3) is 1.85. The van der Waals surface area contributed by atoms with Crippen molar-refractivity contribution in [2.45, 2.75) is 0 Å². The van der Waals surface area contributed by atoms with Gasteiger partial charge in [0.2, 0.25) is 0 Å². The zero-order valence-corrected chi connectivity index (χ0v) is 12.4. The van der Waals surface area contributed by atoms with Crippen LogP contribution in [0, 0.1) is 0 Å². The summed E-state index contributed by atoms with van der Waals surface area (Å²) in [5, 5.41) is 2.79. The number of hydrogen-bond donors (Lipinski definition) is 1. The molecule has 0 spiro atoms. The zero-order chi connectivity index (χ0) is 13.0. The number of nitrogens with zero attached hydrogens (tertiary/aromatic N) is 2. The van der Waals surface area contributed by atoms with Crippen LogP contribution in [0.25, 0.3) is 31.3 Å². The highest BCUT2D eigenvalue weighted by Crippen LogP contribution is 2.36. The zero-order valence-electron chi connectivity index (χ0n) is 9.28. The maximum absolute atomic E-state index is 5.95. The fraction of sp³-hybridized carbons (Fsp3) is 0. The van der Waals surface area contributed by atoms with Gasteiger partial charge in [-0.3, -0.25) is 0 Å². The molecule has 7 heteroatoms. The number of nitrogens with one attached hydrogen (secondary N) is 1. The van der Waals surface area contributed by atoms with Crippen molar-refractivity contribution in [1.82, 2.24) is 15.0 Å². The Morgan fingerprint density at radius 2 is 2.00 bits per heavy atom. The Kier molecular flexibility index (Phi) is 2.57. The largest absolute Gasteiger partial charge is 0.336 e. The van der Waals surface area contributed by atoms with Gasteiger partial charge in [0.05, 0.1) is 15.4 Å². The number of hydrogen-bond acceptors (Lipinski definition) is 4. The Morgan fingerprint density at radius 1 is 1.11 bits per heavy atom. The molecule has 0 fully saturated rings. The van der Waals surface area contributed by atoms with Crippen molar-refractivity contribution in [1.29, 1.82) is 0 Å². The standard InChI is InChI=1S/C12H5Cl2N3S2/c13-5-3-6-11(16-10(5)14)17-12(15-6)9-4-8-7(19-9)1-2-18-8/h1-4H,(H,15,16,17). The number of thiophene rings is 2. The quantitative estimate of drug-likeness (QED) is 0.488. The second kappa shape index (κ2) is 4.18. The van der Waals surface area contributed by atoms with Crippen LogP contribution in [0.4, 0.5) is 0 Å². The van der Waals surface area contributed by atoms with Gasteiger partial charge in [-0.05, 0) is 23.6 Å². The van der Waals surface area contributed by atoms with Crippen molar-refractivity contribution in [3.05, 3.63) is 33.8 Å². The summed E-state index contributed by atoms with van der Waals surface area (Å²) in [7, 11) is 0. The minimum Gasteiger partial charge on any atom is -0.336 e. The van der Waals surface area contributed by atoms with E-state index in [0.717, 1.165) is 16.2 Å². The number of aromatic nitrogens is 3. The lowest BCUT2D eigenvalue weighted by Gasteiger charge is -1.92. The molecule has 1 N–H and O–H groups in total. The molecule has 4 heterocycles. The molecule has 3 nitrogen and oxygen atoms in total. The Hall–Kier alpha value is -1.14. The molecule has 19 heavy (non-hydrogen) atoms. The summed E-state index contributed by atoms with van der Waals surface area (Å²) >= 11 is 15.3. The number of halogens is 2. The van der Waals surface area contributed by atoms with E-state index in [1.807, 2.05) is 0 Å². The lowest BCUT2D eigenvalue weighted by molar-refractivity contribution is 1.31. The fourth-order valence-corrected chi connectivity index (χ4v) is 4.23. The average Bonchev–Trinajstić information content (AvgIpc) is 3.01. The summed E-state index contributed by atoms with van der Waals surface area (Å²) in [6.45, 7) is 0. The van der Waals surface area contributed by atoms with Crippen LogP contribution in [0.2, 0.25) is 10.2 Å². The molecule has 0 aliphatic rings. The van der Waals surface area contributed by atoms with E-state index in [9.17, 15) is 0 Å². The molecule has 0 unspecified atom stereocenters. The molecule has 0 radical (unpaired) electrons. The molecule has 4 rings (SSSR count). The molecular weight excluding hydrogens is 321 g/mol. The third-order valence-electron chi connectivity index (χ3n) is 2.76. The van der Waals surface area contributed by atoms with Gasteiger partial charge in [-0.15, -0.1) is 22.7 Å². The van der Waals surface area contributed by atoms with Crippen LogP contribution in [-0.4, -0.2) is 15.0 Å². The normalized spacial score (nSPS) is 11.7. The molecule has 0 bridgehead atoms. The highest BCUT2D eigenvalue weighted by Gasteiger charge is 2.12. The van der Waals surface area contributed by atoms with Gasteiger partial charge >= 0.3 is 0 Å². The SMILES string of the molecule is Clc1cc2[nH]c(-c3cc4sccc4s3)nc2nc1Cl. The van der Waals surface area contributed by atoms with Gasteiger partial charge in [-0.1, -0.05) is 23.2 Å². The molecule has 4 aromatic heterocycles. The van der Waals surface area contributed by atoms with Crippen LogP contribution in [-0.2, 0) is 0 Å². The van der Waals surface area contributed by atoms with E-state index in [2.05, 4.69) is 32.5 Å². The summed E-state index contributed by atoms with van der Waals surface area (Å²) in [6, 6.07) is 5.99. The van der Waals surface area contributed by atoms with Gasteiger partial charge in [0.1, 0.15) is 5.15 Å². The van der Waals surface area contributed by atoms with Crippen molar-refractivity contribution in [3.8, 4) is 10.7 Å². The number of H-pyrrole nitrogens is 1. The maximum atomic E-state index is 5.95. The van der Waals surface area contributed by atoms with E-state index in [1.54, 1.807) is 28.7 Å². The first kappa shape index (κ1) is 11.7. The summed E-state index contributed by atoms with van der Waals surface area (Å²) < 4.78 is 2.54. The summed E-state index contributed by atoms with van der Waals surface area (Å²) in [4.78, 5) is 12.9. The van der Waals surface area contributed by atoms with Crippen LogP contribution in [0.15, 0.2) is 23.6 Å². The minimum absolute atomic E-state index is 0.277. The van der Waals surface area contributed by atoms with Crippen LogP contribution >= 0.6 is 45.9 Å². The van der Waals surface area contributed by atoms with Gasteiger partial charge in [0, 0.05) is 9.40 Å². The smallest absolute Gasteiger partial charge is 0.179 e. The number of imidazole rings is 1. The van der Waals surface area contributed by atoms with E-state index < -0.39 is 0 Å². The van der Waals surface area contributed by atoms with Crippen molar-refractivity contribution in [2.24, 2.45) is 0 Å². The lowest BCUT2D eigenvalue weighted by atomic mass is 10.4. The summed E-state index contributed by atoms with van der Waals surface area (Å²) in [5.74, 6) is 0.800. The van der Waals surface area contributed by atoms with E-state index in [1.165, 1.54) is 9.40 Å². The first-order valence-corrected chi connectivity index (χ1v) is 7.85. The fourth-order valence-electron chi connectivity index (χ4n) is 1.90. The molecule has 0 saturated carbocycles. The predicted octanol–water partition coefficient (Wildman–Crippen LogP) is 5.21. The maximum Gasteiger partial charge on any atom is 0.179 e. The molecule has 0 saturated heterocycles. The number of pyridine rings is 1. The highest BCUT2D eigenvalue weighted by molar-refractivity contribution is 7.28. The van der Waals surface area contributed by atoms with E-state index in [-0.39, 0.29) is 5.15 Å². The molecule has 4 aromatic rings. The molecule has 0 aliphatic carbocycles. The van der Waals surface area contributed by atoms with Gasteiger partial charge in [-0.2, -0.15) is 0 Å². The molecule has 0 amide bonds. The molecule has 0 aliphatic heterocycles. The van der Waals surface area contributed by atoms with Gasteiger partial charge in [0.15, 0.2) is 11.5 Å². The monoisotopic (exact) mass is 325 g/mol. The van der Waals surface area contributed by atoms with Gasteiger partial charge in [0.25, 0.3) is 0 Å². The Labute approximate surface area is 125 Å². The van der Waals surface area contributed by atoms with Crippen molar-refractivity contribution < 1.29 is 0 Å². The molecule has 0 atom stereocenters. The minimum atomic E-state index is 0.277.